The van der Waals surface area contributed by atoms with E-state index in [1.165, 1.54) is 0 Å². The molecule has 0 fully saturated rings. The van der Waals surface area contributed by atoms with Crippen molar-refractivity contribution in [1.29, 1.82) is 0 Å². The van der Waals surface area contributed by atoms with Crippen LogP contribution in [-0.4, -0.2) is 17.1 Å². The number of aromatic amines is 1. The van der Waals surface area contributed by atoms with E-state index in [1.54, 1.807) is 7.11 Å². The summed E-state index contributed by atoms with van der Waals surface area (Å²) < 4.78 is 5.08. The first-order valence-corrected chi connectivity index (χ1v) is 4.37. The van der Waals surface area contributed by atoms with Gasteiger partial charge in [0, 0.05) is 11.0 Å². The number of azide groups is 1. The first-order valence-electron chi connectivity index (χ1n) is 4.37. The van der Waals surface area contributed by atoms with E-state index in [9.17, 15) is 0 Å². The Morgan fingerprint density at radius 1 is 1.60 bits per heavy atom. The lowest BCUT2D eigenvalue weighted by atomic mass is 10.3. The highest BCUT2D eigenvalue weighted by Gasteiger charge is 2.02. The molecular formula is C9H9N5O. The number of nitrogens with zero attached hydrogens (tertiary/aromatic N) is 4. The number of imidazole rings is 1. The molecule has 0 amide bonds. The molecule has 76 valence electrons. The summed E-state index contributed by atoms with van der Waals surface area (Å²) in [6, 6.07) is 5.53. The summed E-state index contributed by atoms with van der Waals surface area (Å²) in [6.07, 6.45) is 0. The monoisotopic (exact) mass is 203 g/mol. The molecule has 0 aliphatic carbocycles. The molecule has 0 saturated carbocycles. The van der Waals surface area contributed by atoms with E-state index in [-0.39, 0.29) is 6.54 Å². The summed E-state index contributed by atoms with van der Waals surface area (Å²) in [7, 11) is 1.61. The molecule has 2 rings (SSSR count). The molecule has 1 aromatic carbocycles. The van der Waals surface area contributed by atoms with Gasteiger partial charge in [-0.25, -0.2) is 4.98 Å². The van der Waals surface area contributed by atoms with Crippen molar-refractivity contribution >= 4 is 11.0 Å². The molecule has 0 unspecified atom stereocenters. The molecule has 0 spiro atoms. The Balaban J connectivity index is 2.41. The number of aromatic nitrogens is 2. The highest BCUT2D eigenvalue weighted by molar-refractivity contribution is 5.76. The van der Waals surface area contributed by atoms with Gasteiger partial charge in [-0.3, -0.25) is 0 Å². The second-order valence-electron chi connectivity index (χ2n) is 2.96. The maximum atomic E-state index is 8.18. The lowest BCUT2D eigenvalue weighted by Crippen LogP contribution is -1.81. The van der Waals surface area contributed by atoms with Gasteiger partial charge < -0.3 is 9.72 Å². The van der Waals surface area contributed by atoms with Crippen molar-refractivity contribution in [3.05, 3.63) is 34.5 Å². The summed E-state index contributed by atoms with van der Waals surface area (Å²) in [6.45, 7) is 0.230. The minimum atomic E-state index is 0.230. The maximum absolute atomic E-state index is 8.18. The Kier molecular flexibility index (Phi) is 2.43. The molecule has 0 bridgehead atoms. The predicted molar refractivity (Wildman–Crippen MR) is 55.5 cm³/mol. The Morgan fingerprint density at radius 2 is 2.47 bits per heavy atom. The highest BCUT2D eigenvalue weighted by atomic mass is 16.5. The van der Waals surface area contributed by atoms with Crippen molar-refractivity contribution in [3.63, 3.8) is 0 Å². The van der Waals surface area contributed by atoms with Crippen LogP contribution in [0.3, 0.4) is 0 Å². The summed E-state index contributed by atoms with van der Waals surface area (Å²) in [5, 5.41) is 3.44. The molecule has 15 heavy (non-hydrogen) atoms. The van der Waals surface area contributed by atoms with E-state index in [1.807, 2.05) is 18.2 Å². The van der Waals surface area contributed by atoms with Crippen LogP contribution in [0.2, 0.25) is 0 Å². The maximum Gasteiger partial charge on any atom is 0.121 e. The van der Waals surface area contributed by atoms with Crippen LogP contribution in [0.25, 0.3) is 21.5 Å². The van der Waals surface area contributed by atoms with Crippen LogP contribution >= 0.6 is 0 Å². The van der Waals surface area contributed by atoms with E-state index in [0.29, 0.717) is 5.82 Å². The smallest absolute Gasteiger partial charge is 0.121 e. The highest BCUT2D eigenvalue weighted by Crippen LogP contribution is 2.18. The molecule has 0 saturated heterocycles. The summed E-state index contributed by atoms with van der Waals surface area (Å²) in [5.74, 6) is 1.41. The number of benzene rings is 1. The number of rotatable bonds is 3. The minimum Gasteiger partial charge on any atom is -0.497 e. The molecule has 0 aliphatic heterocycles. The Hall–Kier alpha value is -2.20. The fourth-order valence-electron chi connectivity index (χ4n) is 1.34. The fourth-order valence-corrected chi connectivity index (χ4v) is 1.34. The van der Waals surface area contributed by atoms with Gasteiger partial charge >= 0.3 is 0 Å². The molecule has 6 heteroatoms. The third-order valence-corrected chi connectivity index (χ3v) is 2.02. The van der Waals surface area contributed by atoms with Crippen molar-refractivity contribution in [3.8, 4) is 5.75 Å². The molecule has 1 aromatic heterocycles. The zero-order chi connectivity index (χ0) is 10.7. The van der Waals surface area contributed by atoms with Gasteiger partial charge in [-0.1, -0.05) is 5.11 Å². The number of fused-ring (bicyclic) bond motifs is 1. The lowest BCUT2D eigenvalue weighted by Gasteiger charge is -1.96. The summed E-state index contributed by atoms with van der Waals surface area (Å²) in [4.78, 5) is 9.97. The zero-order valence-electron chi connectivity index (χ0n) is 8.14. The fraction of sp³-hybridized carbons (Fsp3) is 0.222. The quantitative estimate of drug-likeness (QED) is 0.471. The third-order valence-electron chi connectivity index (χ3n) is 2.02. The average molecular weight is 203 g/mol. The predicted octanol–water partition coefficient (Wildman–Crippen LogP) is 2.38. The molecule has 6 nitrogen and oxygen atoms in total. The molecule has 0 radical (unpaired) electrons. The van der Waals surface area contributed by atoms with Crippen LogP contribution in [0.15, 0.2) is 23.3 Å². The van der Waals surface area contributed by atoms with Gasteiger partial charge in [0.2, 0.25) is 0 Å². The van der Waals surface area contributed by atoms with Crippen LogP contribution in [0.5, 0.6) is 5.75 Å². The molecule has 2 aromatic rings. The van der Waals surface area contributed by atoms with Gasteiger partial charge in [0.1, 0.15) is 11.6 Å². The zero-order valence-corrected chi connectivity index (χ0v) is 8.14. The van der Waals surface area contributed by atoms with Crippen LogP contribution in [0, 0.1) is 0 Å². The third kappa shape index (κ3) is 1.84. The van der Waals surface area contributed by atoms with E-state index in [2.05, 4.69) is 20.0 Å². The second kappa shape index (κ2) is 3.89. The van der Waals surface area contributed by atoms with Crippen LogP contribution < -0.4 is 4.74 Å². The van der Waals surface area contributed by atoms with Crippen molar-refractivity contribution in [1.82, 2.24) is 9.97 Å². The van der Waals surface area contributed by atoms with Crippen molar-refractivity contribution in [2.24, 2.45) is 5.11 Å². The van der Waals surface area contributed by atoms with Gasteiger partial charge in [0.05, 0.1) is 24.7 Å². The Labute approximate surface area is 85.5 Å². The van der Waals surface area contributed by atoms with Crippen molar-refractivity contribution in [2.75, 3.05) is 7.11 Å². The van der Waals surface area contributed by atoms with Gasteiger partial charge in [-0.15, -0.1) is 0 Å². The van der Waals surface area contributed by atoms with Gasteiger partial charge in [-0.05, 0) is 17.7 Å². The largest absolute Gasteiger partial charge is 0.497 e. The topological polar surface area (TPSA) is 86.7 Å². The molecule has 1 N–H and O–H groups in total. The van der Waals surface area contributed by atoms with Gasteiger partial charge in [0.25, 0.3) is 0 Å². The Bertz CT molecular complexity index is 526. The van der Waals surface area contributed by atoms with Gasteiger partial charge in [0.15, 0.2) is 0 Å². The number of H-pyrrole nitrogens is 1. The lowest BCUT2D eigenvalue weighted by molar-refractivity contribution is 0.415. The number of nitrogens with one attached hydrogen (secondary N) is 1. The van der Waals surface area contributed by atoms with E-state index in [0.717, 1.165) is 16.8 Å². The molecule has 0 aliphatic rings. The number of ether oxygens (including phenoxy) is 1. The summed E-state index contributed by atoms with van der Waals surface area (Å²) >= 11 is 0. The van der Waals surface area contributed by atoms with E-state index in [4.69, 9.17) is 10.3 Å². The summed E-state index contributed by atoms with van der Waals surface area (Å²) in [5.41, 5.74) is 9.89. The second-order valence-corrected chi connectivity index (χ2v) is 2.96. The number of hydrogen-bond donors (Lipinski definition) is 1. The SMILES string of the molecule is COc1ccc2nc(CN=[N+]=[N-])[nH]c2c1. The standard InChI is InChI=1S/C9H9N5O/c1-15-6-2-3-7-8(4-6)13-9(12-7)5-11-14-10/h2-4H,5H2,1H3,(H,12,13). The Morgan fingerprint density at radius 3 is 3.20 bits per heavy atom. The average Bonchev–Trinajstić information content (AvgIpc) is 2.67. The number of methoxy groups -OCH3 is 1. The first kappa shape index (κ1) is 9.36. The van der Waals surface area contributed by atoms with E-state index < -0.39 is 0 Å². The molecule has 1 heterocycles. The van der Waals surface area contributed by atoms with Crippen molar-refractivity contribution < 1.29 is 4.74 Å². The molecular weight excluding hydrogens is 194 g/mol. The van der Waals surface area contributed by atoms with Crippen LogP contribution in [0.4, 0.5) is 0 Å². The first-order chi connectivity index (χ1) is 7.33. The van der Waals surface area contributed by atoms with Crippen LogP contribution in [-0.2, 0) is 6.54 Å². The number of hydrogen-bond acceptors (Lipinski definition) is 3. The van der Waals surface area contributed by atoms with Crippen LogP contribution in [0.1, 0.15) is 5.82 Å². The van der Waals surface area contributed by atoms with Gasteiger partial charge in [-0.2, -0.15) is 0 Å². The minimum absolute atomic E-state index is 0.230. The van der Waals surface area contributed by atoms with E-state index >= 15 is 0 Å². The molecule has 0 atom stereocenters. The van der Waals surface area contributed by atoms with Crippen molar-refractivity contribution in [2.45, 2.75) is 6.54 Å². The normalized spacial score (nSPS) is 9.93.